The summed E-state index contributed by atoms with van der Waals surface area (Å²) in [7, 11) is 0. The van der Waals surface area contributed by atoms with Crippen LogP contribution >= 0.6 is 11.6 Å². The number of amides is 1. The lowest BCUT2D eigenvalue weighted by Gasteiger charge is -2.35. The van der Waals surface area contributed by atoms with Gasteiger partial charge in [0.05, 0.1) is 17.1 Å². The fourth-order valence-corrected chi connectivity index (χ4v) is 3.01. The molecule has 0 atom stereocenters. The molecule has 1 N–H and O–H groups in total. The zero-order valence-corrected chi connectivity index (χ0v) is 14.7. The van der Waals surface area contributed by atoms with E-state index in [1.54, 1.807) is 18.3 Å². The quantitative estimate of drug-likeness (QED) is 0.891. The Kier molecular flexibility index (Phi) is 5.66. The normalized spacial score (nSPS) is 14.7. The minimum absolute atomic E-state index is 0.0277. The number of carbonyl (C=O) groups is 1. The highest BCUT2D eigenvalue weighted by atomic mass is 35.5. The number of nitrogens with one attached hydrogen (secondary N) is 1. The minimum atomic E-state index is -0.521. The Hall–Kier alpha value is -2.69. The first-order valence-electron chi connectivity index (χ1n) is 8.14. The molecule has 26 heavy (non-hydrogen) atoms. The second kappa shape index (κ2) is 8.13. The Bertz CT molecular complexity index is 846. The number of aromatic nitrogens is 1. The Balaban J connectivity index is 1.53. The monoisotopic (exact) mass is 373 g/mol. The summed E-state index contributed by atoms with van der Waals surface area (Å²) in [5.74, 6) is -0.0243. The summed E-state index contributed by atoms with van der Waals surface area (Å²) in [5.41, 5.74) is 1.01. The second-order valence-corrected chi connectivity index (χ2v) is 6.33. The first kappa shape index (κ1) is 18.1. The largest absolute Gasteiger partial charge is 0.353 e. The lowest BCUT2D eigenvalue weighted by molar-refractivity contribution is -0.117. The van der Waals surface area contributed by atoms with Crippen molar-refractivity contribution in [1.82, 2.24) is 9.88 Å². The average molecular weight is 374 g/mol. The lowest BCUT2D eigenvalue weighted by Crippen LogP contribution is -2.49. The predicted molar refractivity (Wildman–Crippen MR) is 97.6 cm³/mol. The molecule has 0 bridgehead atoms. The highest BCUT2D eigenvalue weighted by Gasteiger charge is 2.21. The summed E-state index contributed by atoms with van der Waals surface area (Å²) in [6, 6.07) is 9.72. The van der Waals surface area contributed by atoms with Crippen LogP contribution in [-0.4, -0.2) is 48.5 Å². The van der Waals surface area contributed by atoms with E-state index in [0.29, 0.717) is 43.2 Å². The van der Waals surface area contributed by atoms with E-state index in [1.165, 1.54) is 18.2 Å². The molecular weight excluding hydrogens is 357 g/mol. The molecular formula is C18H17ClFN5O. The number of carbonyl (C=O) groups excluding carboxylic acids is 1. The molecule has 1 saturated heterocycles. The number of hydrogen-bond donors (Lipinski definition) is 1. The van der Waals surface area contributed by atoms with E-state index in [4.69, 9.17) is 11.6 Å². The van der Waals surface area contributed by atoms with Crippen LogP contribution in [0.4, 0.5) is 15.9 Å². The molecule has 0 saturated carbocycles. The van der Waals surface area contributed by atoms with Gasteiger partial charge in [-0.15, -0.1) is 0 Å². The van der Waals surface area contributed by atoms with E-state index >= 15 is 0 Å². The van der Waals surface area contributed by atoms with Crippen LogP contribution in [-0.2, 0) is 4.79 Å². The Labute approximate surface area is 155 Å². The van der Waals surface area contributed by atoms with Gasteiger partial charge in [0.1, 0.15) is 17.7 Å². The number of nitriles is 1. The fourth-order valence-electron chi connectivity index (χ4n) is 2.83. The molecule has 3 rings (SSSR count). The summed E-state index contributed by atoms with van der Waals surface area (Å²) in [6.07, 6.45) is 1.67. The van der Waals surface area contributed by atoms with Crippen molar-refractivity contribution in [2.24, 2.45) is 0 Å². The summed E-state index contributed by atoms with van der Waals surface area (Å²) in [6.45, 7) is 2.96. The highest BCUT2D eigenvalue weighted by Crippen LogP contribution is 2.20. The number of anilines is 2. The smallest absolute Gasteiger partial charge is 0.238 e. The SMILES string of the molecule is N#Cc1cccnc1N1CCN(CC(=O)Nc2ccc(F)c(Cl)c2)CC1. The lowest BCUT2D eigenvalue weighted by atomic mass is 10.2. The van der Waals surface area contributed by atoms with Crippen LogP contribution in [0.25, 0.3) is 0 Å². The molecule has 1 aromatic heterocycles. The summed E-state index contributed by atoms with van der Waals surface area (Å²) < 4.78 is 13.2. The van der Waals surface area contributed by atoms with E-state index < -0.39 is 5.82 Å². The van der Waals surface area contributed by atoms with Crippen LogP contribution in [0.2, 0.25) is 5.02 Å². The third kappa shape index (κ3) is 4.28. The Morgan fingerprint density at radius 2 is 2.08 bits per heavy atom. The van der Waals surface area contributed by atoms with E-state index in [-0.39, 0.29) is 17.5 Å². The van der Waals surface area contributed by atoms with Gasteiger partial charge in [-0.3, -0.25) is 9.69 Å². The van der Waals surface area contributed by atoms with E-state index in [2.05, 4.69) is 16.4 Å². The molecule has 0 spiro atoms. The first-order valence-corrected chi connectivity index (χ1v) is 8.52. The molecule has 1 aliphatic heterocycles. The molecule has 134 valence electrons. The highest BCUT2D eigenvalue weighted by molar-refractivity contribution is 6.31. The molecule has 2 aromatic rings. The number of rotatable bonds is 4. The molecule has 1 aromatic carbocycles. The van der Waals surface area contributed by atoms with Crippen LogP contribution < -0.4 is 10.2 Å². The maximum Gasteiger partial charge on any atom is 0.238 e. The van der Waals surface area contributed by atoms with Crippen molar-refractivity contribution in [2.45, 2.75) is 0 Å². The summed E-state index contributed by atoms with van der Waals surface area (Å²) >= 11 is 5.72. The van der Waals surface area contributed by atoms with Crippen LogP contribution in [0.1, 0.15) is 5.56 Å². The summed E-state index contributed by atoms with van der Waals surface area (Å²) in [5, 5.41) is 11.9. The molecule has 2 heterocycles. The third-order valence-corrected chi connectivity index (χ3v) is 4.44. The molecule has 0 radical (unpaired) electrons. The predicted octanol–water partition coefficient (Wildman–Crippen LogP) is 2.51. The van der Waals surface area contributed by atoms with Crippen molar-refractivity contribution in [2.75, 3.05) is 42.9 Å². The van der Waals surface area contributed by atoms with Gasteiger partial charge in [0, 0.05) is 38.1 Å². The van der Waals surface area contributed by atoms with Crippen molar-refractivity contribution in [3.8, 4) is 6.07 Å². The first-order chi connectivity index (χ1) is 12.6. The van der Waals surface area contributed by atoms with Crippen molar-refractivity contribution in [3.05, 3.63) is 52.9 Å². The minimum Gasteiger partial charge on any atom is -0.353 e. The van der Waals surface area contributed by atoms with Crippen LogP contribution in [0, 0.1) is 17.1 Å². The van der Waals surface area contributed by atoms with Gasteiger partial charge in [0.25, 0.3) is 0 Å². The van der Waals surface area contributed by atoms with Gasteiger partial charge in [-0.2, -0.15) is 5.26 Å². The van der Waals surface area contributed by atoms with Gasteiger partial charge in [0.2, 0.25) is 5.91 Å². The van der Waals surface area contributed by atoms with E-state index in [1.807, 2.05) is 9.80 Å². The Morgan fingerprint density at radius 3 is 2.77 bits per heavy atom. The van der Waals surface area contributed by atoms with E-state index in [9.17, 15) is 14.4 Å². The van der Waals surface area contributed by atoms with Gasteiger partial charge in [0.15, 0.2) is 0 Å². The number of pyridine rings is 1. The van der Waals surface area contributed by atoms with Crippen molar-refractivity contribution < 1.29 is 9.18 Å². The van der Waals surface area contributed by atoms with Crippen molar-refractivity contribution in [3.63, 3.8) is 0 Å². The number of piperazine rings is 1. The van der Waals surface area contributed by atoms with Crippen LogP contribution in [0.5, 0.6) is 0 Å². The molecule has 0 unspecified atom stereocenters. The van der Waals surface area contributed by atoms with Crippen molar-refractivity contribution >= 4 is 29.0 Å². The number of hydrogen-bond acceptors (Lipinski definition) is 5. The topological polar surface area (TPSA) is 72.3 Å². The van der Waals surface area contributed by atoms with E-state index in [0.717, 1.165) is 0 Å². The zero-order valence-electron chi connectivity index (χ0n) is 14.0. The average Bonchev–Trinajstić information content (AvgIpc) is 2.65. The van der Waals surface area contributed by atoms with Crippen molar-refractivity contribution in [1.29, 1.82) is 5.26 Å². The Morgan fingerprint density at radius 1 is 1.31 bits per heavy atom. The maximum absolute atomic E-state index is 13.2. The molecule has 6 nitrogen and oxygen atoms in total. The maximum atomic E-state index is 13.2. The van der Waals surface area contributed by atoms with Crippen LogP contribution in [0.3, 0.4) is 0 Å². The van der Waals surface area contributed by atoms with Gasteiger partial charge in [-0.25, -0.2) is 9.37 Å². The van der Waals surface area contributed by atoms with Gasteiger partial charge in [-0.1, -0.05) is 11.6 Å². The number of halogens is 2. The molecule has 0 aliphatic carbocycles. The molecule has 1 amide bonds. The zero-order chi connectivity index (χ0) is 18.5. The number of nitrogens with zero attached hydrogens (tertiary/aromatic N) is 4. The molecule has 1 fully saturated rings. The second-order valence-electron chi connectivity index (χ2n) is 5.93. The fraction of sp³-hybridized carbons (Fsp3) is 0.278. The third-order valence-electron chi connectivity index (χ3n) is 4.15. The van der Waals surface area contributed by atoms with Gasteiger partial charge >= 0.3 is 0 Å². The van der Waals surface area contributed by atoms with Gasteiger partial charge < -0.3 is 10.2 Å². The summed E-state index contributed by atoms with van der Waals surface area (Å²) in [4.78, 5) is 20.5. The van der Waals surface area contributed by atoms with Crippen LogP contribution in [0.15, 0.2) is 36.5 Å². The standard InChI is InChI=1S/C18H17ClFN5O/c19-15-10-14(3-4-16(15)20)23-17(26)12-24-6-8-25(9-7-24)18-13(11-21)2-1-5-22-18/h1-5,10H,6-9,12H2,(H,23,26). The van der Waals surface area contributed by atoms with Gasteiger partial charge in [-0.05, 0) is 30.3 Å². The molecule has 8 heteroatoms. The number of benzene rings is 1. The molecule has 1 aliphatic rings.